The first kappa shape index (κ1) is 27.4. The van der Waals surface area contributed by atoms with Gasteiger partial charge in [-0.2, -0.15) is 0 Å². The number of para-hydroxylation sites is 1. The standard InChI is InChI=1S/C34H33N5O3/c1-24-11-16-28(42-22-19-39-17-20-41-21-18-39)23-31(24)36-33(40)26-12-14-27(15-13-26)35-34-37-30-10-6-5-9-29(30)32(38-34)25-7-3-2-4-8-25/h2-16,23H,17-22H2,1H3,(H,36,40)(H,35,37,38). The highest BCUT2D eigenvalue weighted by Crippen LogP contribution is 2.28. The summed E-state index contributed by atoms with van der Waals surface area (Å²) in [4.78, 5) is 25.0. The first-order valence-corrected chi connectivity index (χ1v) is 14.2. The van der Waals surface area contributed by atoms with E-state index in [0.717, 1.165) is 77.7 Å². The van der Waals surface area contributed by atoms with Crippen LogP contribution in [-0.4, -0.2) is 60.2 Å². The molecule has 0 saturated carbocycles. The van der Waals surface area contributed by atoms with Gasteiger partial charge in [-0.05, 0) is 48.9 Å². The Labute approximate surface area is 245 Å². The predicted molar refractivity (Wildman–Crippen MR) is 167 cm³/mol. The fraction of sp³-hybridized carbons (Fsp3) is 0.206. The minimum absolute atomic E-state index is 0.191. The Kier molecular flexibility index (Phi) is 8.35. The van der Waals surface area contributed by atoms with Gasteiger partial charge in [0.15, 0.2) is 0 Å². The van der Waals surface area contributed by atoms with Crippen molar-refractivity contribution in [1.29, 1.82) is 0 Å². The Hall–Kier alpha value is -4.79. The summed E-state index contributed by atoms with van der Waals surface area (Å²) in [5.41, 5.74) is 5.76. The molecule has 2 heterocycles. The second-order valence-electron chi connectivity index (χ2n) is 10.2. The zero-order valence-electron chi connectivity index (χ0n) is 23.5. The zero-order chi connectivity index (χ0) is 28.7. The molecule has 8 nitrogen and oxygen atoms in total. The topological polar surface area (TPSA) is 88.6 Å². The number of rotatable bonds is 9. The van der Waals surface area contributed by atoms with Crippen molar-refractivity contribution in [3.05, 3.63) is 108 Å². The molecule has 1 aromatic heterocycles. The van der Waals surface area contributed by atoms with E-state index in [1.807, 2.05) is 91.9 Å². The molecule has 0 radical (unpaired) electrons. The smallest absolute Gasteiger partial charge is 0.255 e. The number of anilines is 3. The van der Waals surface area contributed by atoms with Crippen LogP contribution >= 0.6 is 0 Å². The van der Waals surface area contributed by atoms with Gasteiger partial charge in [-0.25, -0.2) is 9.97 Å². The van der Waals surface area contributed by atoms with Gasteiger partial charge in [-0.3, -0.25) is 9.69 Å². The van der Waals surface area contributed by atoms with E-state index >= 15 is 0 Å². The van der Waals surface area contributed by atoms with Crippen LogP contribution in [0.1, 0.15) is 15.9 Å². The summed E-state index contributed by atoms with van der Waals surface area (Å²) in [6, 6.07) is 31.1. The fourth-order valence-electron chi connectivity index (χ4n) is 4.92. The number of benzene rings is 4. The van der Waals surface area contributed by atoms with E-state index in [2.05, 4.69) is 15.5 Å². The quantitative estimate of drug-likeness (QED) is 0.219. The van der Waals surface area contributed by atoms with Crippen molar-refractivity contribution in [3.8, 4) is 17.0 Å². The first-order chi connectivity index (χ1) is 20.6. The molecule has 0 unspecified atom stereocenters. The van der Waals surface area contributed by atoms with Crippen LogP contribution < -0.4 is 15.4 Å². The summed E-state index contributed by atoms with van der Waals surface area (Å²) >= 11 is 0. The summed E-state index contributed by atoms with van der Waals surface area (Å²) in [6.45, 7) is 6.78. The number of nitrogens with zero attached hydrogens (tertiary/aromatic N) is 3. The molecule has 1 aliphatic rings. The maximum absolute atomic E-state index is 13.1. The molecule has 2 N–H and O–H groups in total. The van der Waals surface area contributed by atoms with Gasteiger partial charge >= 0.3 is 0 Å². The minimum Gasteiger partial charge on any atom is -0.492 e. The Morgan fingerprint density at radius 2 is 1.67 bits per heavy atom. The Morgan fingerprint density at radius 1 is 0.905 bits per heavy atom. The lowest BCUT2D eigenvalue weighted by Gasteiger charge is -2.26. The largest absolute Gasteiger partial charge is 0.492 e. The normalized spacial score (nSPS) is 13.5. The van der Waals surface area contributed by atoms with Gasteiger partial charge in [-0.15, -0.1) is 0 Å². The summed E-state index contributed by atoms with van der Waals surface area (Å²) < 4.78 is 11.4. The van der Waals surface area contributed by atoms with Crippen molar-refractivity contribution in [3.63, 3.8) is 0 Å². The van der Waals surface area contributed by atoms with Crippen LogP contribution in [0.2, 0.25) is 0 Å². The van der Waals surface area contributed by atoms with Gasteiger partial charge in [0.25, 0.3) is 5.91 Å². The van der Waals surface area contributed by atoms with Gasteiger partial charge in [0.1, 0.15) is 12.4 Å². The molecule has 212 valence electrons. The van der Waals surface area contributed by atoms with Gasteiger partial charge in [-0.1, -0.05) is 54.6 Å². The van der Waals surface area contributed by atoms with E-state index in [1.54, 1.807) is 12.1 Å². The number of fused-ring (bicyclic) bond motifs is 1. The number of carbonyl (C=O) groups excluding carboxylic acids is 1. The van der Waals surface area contributed by atoms with E-state index in [4.69, 9.17) is 19.4 Å². The molecule has 1 amide bonds. The van der Waals surface area contributed by atoms with Crippen LogP contribution in [0.4, 0.5) is 17.3 Å². The summed E-state index contributed by atoms with van der Waals surface area (Å²) in [6.07, 6.45) is 0. The maximum atomic E-state index is 13.1. The van der Waals surface area contributed by atoms with Crippen LogP contribution in [0.3, 0.4) is 0 Å². The van der Waals surface area contributed by atoms with E-state index in [-0.39, 0.29) is 5.91 Å². The van der Waals surface area contributed by atoms with Gasteiger partial charge in [0.05, 0.1) is 24.4 Å². The third-order valence-electron chi connectivity index (χ3n) is 7.29. The van der Waals surface area contributed by atoms with E-state index in [1.165, 1.54) is 0 Å². The molecule has 6 rings (SSSR count). The molecule has 1 aliphatic heterocycles. The number of amides is 1. The Balaban J connectivity index is 1.12. The van der Waals surface area contributed by atoms with Crippen molar-refractivity contribution in [2.45, 2.75) is 6.92 Å². The number of morpholine rings is 1. The lowest BCUT2D eigenvalue weighted by Crippen LogP contribution is -2.38. The number of ether oxygens (including phenoxy) is 2. The van der Waals surface area contributed by atoms with Crippen LogP contribution in [-0.2, 0) is 4.74 Å². The SMILES string of the molecule is Cc1ccc(OCCN2CCOCC2)cc1NC(=O)c1ccc(Nc2nc(-c3ccccc3)c3ccccc3n2)cc1. The van der Waals surface area contributed by atoms with Crippen molar-refractivity contribution in [2.24, 2.45) is 0 Å². The highest BCUT2D eigenvalue weighted by atomic mass is 16.5. The molecule has 0 aliphatic carbocycles. The van der Waals surface area contributed by atoms with Crippen molar-refractivity contribution in [2.75, 3.05) is 50.1 Å². The van der Waals surface area contributed by atoms with E-state index in [9.17, 15) is 4.79 Å². The molecule has 4 aromatic carbocycles. The van der Waals surface area contributed by atoms with E-state index < -0.39 is 0 Å². The maximum Gasteiger partial charge on any atom is 0.255 e. The first-order valence-electron chi connectivity index (χ1n) is 14.2. The minimum atomic E-state index is -0.191. The molecule has 0 bridgehead atoms. The molecule has 0 atom stereocenters. The second-order valence-corrected chi connectivity index (χ2v) is 10.2. The van der Waals surface area contributed by atoms with Crippen LogP contribution in [0.25, 0.3) is 22.2 Å². The molecular formula is C34H33N5O3. The second kappa shape index (κ2) is 12.8. The molecular weight excluding hydrogens is 526 g/mol. The fourth-order valence-corrected chi connectivity index (χ4v) is 4.92. The Bertz CT molecular complexity index is 1670. The average molecular weight is 560 g/mol. The number of aromatic nitrogens is 2. The lowest BCUT2D eigenvalue weighted by molar-refractivity contribution is 0.0322. The van der Waals surface area contributed by atoms with Gasteiger partial charge in [0, 0.05) is 53.6 Å². The predicted octanol–water partition coefficient (Wildman–Crippen LogP) is 6.31. The van der Waals surface area contributed by atoms with Crippen molar-refractivity contribution in [1.82, 2.24) is 14.9 Å². The molecule has 5 aromatic rings. The highest BCUT2D eigenvalue weighted by molar-refractivity contribution is 6.05. The molecule has 8 heteroatoms. The Morgan fingerprint density at radius 3 is 2.48 bits per heavy atom. The van der Waals surface area contributed by atoms with Gasteiger partial charge < -0.3 is 20.1 Å². The van der Waals surface area contributed by atoms with E-state index in [0.29, 0.717) is 18.1 Å². The molecule has 1 saturated heterocycles. The third-order valence-corrected chi connectivity index (χ3v) is 7.29. The summed E-state index contributed by atoms with van der Waals surface area (Å²) in [5, 5.41) is 7.32. The van der Waals surface area contributed by atoms with Crippen LogP contribution in [0, 0.1) is 6.92 Å². The number of aryl methyl sites for hydroxylation is 1. The lowest BCUT2D eigenvalue weighted by atomic mass is 10.1. The van der Waals surface area contributed by atoms with Crippen molar-refractivity contribution < 1.29 is 14.3 Å². The monoisotopic (exact) mass is 559 g/mol. The molecule has 1 fully saturated rings. The molecule has 0 spiro atoms. The van der Waals surface area contributed by atoms with Crippen molar-refractivity contribution >= 4 is 34.1 Å². The number of hydrogen-bond acceptors (Lipinski definition) is 7. The van der Waals surface area contributed by atoms with Crippen LogP contribution in [0.5, 0.6) is 5.75 Å². The highest BCUT2D eigenvalue weighted by Gasteiger charge is 2.13. The van der Waals surface area contributed by atoms with Crippen LogP contribution in [0.15, 0.2) is 97.1 Å². The number of nitrogens with one attached hydrogen (secondary N) is 2. The summed E-state index contributed by atoms with van der Waals surface area (Å²) in [7, 11) is 0. The number of carbonyl (C=O) groups is 1. The third kappa shape index (κ3) is 6.57. The summed E-state index contributed by atoms with van der Waals surface area (Å²) in [5.74, 6) is 1.03. The number of hydrogen-bond donors (Lipinski definition) is 2. The van der Waals surface area contributed by atoms with Gasteiger partial charge in [0.2, 0.25) is 5.95 Å². The average Bonchev–Trinajstić information content (AvgIpc) is 3.03. The molecule has 42 heavy (non-hydrogen) atoms. The zero-order valence-corrected chi connectivity index (χ0v) is 23.5.